The Labute approximate surface area is 202 Å². The number of hydrogen-bond donors (Lipinski definition) is 3. The van der Waals surface area contributed by atoms with Crippen LogP contribution in [0, 0.1) is 0 Å². The molecule has 0 aliphatic carbocycles. The lowest BCUT2D eigenvalue weighted by Gasteiger charge is -2.12. The van der Waals surface area contributed by atoms with Crippen molar-refractivity contribution in [3.05, 3.63) is 103 Å². The number of carbonyl (C=O) groups excluding carboxylic acids is 1. The molecule has 1 heterocycles. The van der Waals surface area contributed by atoms with Gasteiger partial charge in [0.15, 0.2) is 11.5 Å². The van der Waals surface area contributed by atoms with Gasteiger partial charge in [0.25, 0.3) is 0 Å². The highest BCUT2D eigenvalue weighted by atomic mass is 32.2. The standard InChI is InChI=1S/C27H23N3O3S/c31-27(28-17-19-10-15-24-25(16-19)33-18-32-24)29-21-11-13-22(14-12-21)30-34-26-9-5-4-8-23(26)20-6-2-1-3-7-20/h1-16,30H,17-18H2,(H2,28,29,31). The van der Waals surface area contributed by atoms with Gasteiger partial charge in [-0.1, -0.05) is 54.6 Å². The number of benzene rings is 4. The summed E-state index contributed by atoms with van der Waals surface area (Å²) in [6.45, 7) is 0.620. The van der Waals surface area contributed by atoms with E-state index in [1.54, 1.807) is 11.9 Å². The molecule has 2 amide bonds. The third kappa shape index (κ3) is 5.27. The highest BCUT2D eigenvalue weighted by molar-refractivity contribution is 8.00. The van der Waals surface area contributed by atoms with E-state index in [4.69, 9.17) is 9.47 Å². The second-order valence-corrected chi connectivity index (χ2v) is 8.49. The van der Waals surface area contributed by atoms with E-state index in [1.807, 2.05) is 72.8 Å². The summed E-state index contributed by atoms with van der Waals surface area (Å²) in [7, 11) is 0. The minimum atomic E-state index is -0.274. The van der Waals surface area contributed by atoms with E-state index in [-0.39, 0.29) is 12.8 Å². The first kappa shape index (κ1) is 21.7. The molecule has 1 aliphatic heterocycles. The van der Waals surface area contributed by atoms with Gasteiger partial charge in [0.1, 0.15) is 0 Å². The summed E-state index contributed by atoms with van der Waals surface area (Å²) in [5, 5.41) is 5.71. The average Bonchev–Trinajstić information content (AvgIpc) is 3.36. The first-order valence-corrected chi connectivity index (χ1v) is 11.7. The number of ether oxygens (including phenoxy) is 2. The molecule has 1 aliphatic rings. The van der Waals surface area contributed by atoms with Crippen LogP contribution in [-0.4, -0.2) is 12.8 Å². The molecule has 0 saturated heterocycles. The fourth-order valence-electron chi connectivity index (χ4n) is 3.56. The molecule has 0 atom stereocenters. The smallest absolute Gasteiger partial charge is 0.319 e. The van der Waals surface area contributed by atoms with Gasteiger partial charge in [-0.3, -0.25) is 0 Å². The van der Waals surface area contributed by atoms with Crippen LogP contribution in [0.1, 0.15) is 5.56 Å². The number of fused-ring (bicyclic) bond motifs is 1. The van der Waals surface area contributed by atoms with Crippen molar-refractivity contribution in [2.24, 2.45) is 0 Å². The van der Waals surface area contributed by atoms with Gasteiger partial charge in [0, 0.05) is 22.8 Å². The number of hydrogen-bond acceptors (Lipinski definition) is 5. The SMILES string of the molecule is O=C(NCc1ccc2c(c1)OCO2)Nc1ccc(NSc2ccccc2-c2ccccc2)cc1. The van der Waals surface area contributed by atoms with Gasteiger partial charge in [0.2, 0.25) is 6.79 Å². The van der Waals surface area contributed by atoms with Crippen LogP contribution in [0.25, 0.3) is 11.1 Å². The van der Waals surface area contributed by atoms with Crippen LogP contribution >= 0.6 is 11.9 Å². The number of anilines is 2. The van der Waals surface area contributed by atoms with Gasteiger partial charge in [-0.25, -0.2) is 4.79 Å². The quantitative estimate of drug-likeness (QED) is 0.269. The molecule has 34 heavy (non-hydrogen) atoms. The number of nitrogens with one attached hydrogen (secondary N) is 3. The highest BCUT2D eigenvalue weighted by Gasteiger charge is 2.13. The van der Waals surface area contributed by atoms with E-state index in [0.29, 0.717) is 18.0 Å². The summed E-state index contributed by atoms with van der Waals surface area (Å²) in [5.41, 5.74) is 4.95. The maximum absolute atomic E-state index is 12.3. The van der Waals surface area contributed by atoms with Crippen molar-refractivity contribution >= 4 is 29.4 Å². The Hall–Kier alpha value is -4.10. The van der Waals surface area contributed by atoms with Gasteiger partial charge < -0.3 is 24.8 Å². The Morgan fingerprint density at radius 1 is 0.794 bits per heavy atom. The zero-order chi connectivity index (χ0) is 23.2. The van der Waals surface area contributed by atoms with Gasteiger partial charge in [-0.15, -0.1) is 0 Å². The van der Waals surface area contributed by atoms with Gasteiger partial charge in [-0.2, -0.15) is 0 Å². The molecule has 0 spiro atoms. The molecule has 0 radical (unpaired) electrons. The molecule has 0 unspecified atom stereocenters. The summed E-state index contributed by atoms with van der Waals surface area (Å²) >= 11 is 1.56. The van der Waals surface area contributed by atoms with Crippen LogP contribution < -0.4 is 24.8 Å². The third-order valence-corrected chi connectivity index (χ3v) is 6.20. The number of carbonyl (C=O) groups is 1. The highest BCUT2D eigenvalue weighted by Crippen LogP contribution is 2.33. The fourth-order valence-corrected chi connectivity index (χ4v) is 4.36. The van der Waals surface area contributed by atoms with Crippen molar-refractivity contribution in [1.29, 1.82) is 0 Å². The van der Waals surface area contributed by atoms with E-state index in [2.05, 4.69) is 39.6 Å². The van der Waals surface area contributed by atoms with Gasteiger partial charge in [0.05, 0.1) is 0 Å². The molecule has 0 saturated carbocycles. The monoisotopic (exact) mass is 469 g/mol. The van der Waals surface area contributed by atoms with Gasteiger partial charge >= 0.3 is 6.03 Å². The molecule has 4 aromatic carbocycles. The summed E-state index contributed by atoms with van der Waals surface area (Å²) in [6.07, 6.45) is 0. The normalized spacial score (nSPS) is 11.6. The minimum absolute atomic E-state index is 0.232. The Kier molecular flexibility index (Phi) is 6.54. The lowest BCUT2D eigenvalue weighted by molar-refractivity contribution is 0.174. The van der Waals surface area contributed by atoms with E-state index in [9.17, 15) is 4.79 Å². The lowest BCUT2D eigenvalue weighted by atomic mass is 10.1. The minimum Gasteiger partial charge on any atom is -0.454 e. The molecule has 5 rings (SSSR count). The second-order valence-electron chi connectivity index (χ2n) is 7.64. The maximum Gasteiger partial charge on any atom is 0.319 e. The molecule has 3 N–H and O–H groups in total. The predicted octanol–water partition coefficient (Wildman–Crippen LogP) is 6.52. The largest absolute Gasteiger partial charge is 0.454 e. The number of rotatable bonds is 7. The Balaban J connectivity index is 1.14. The summed E-state index contributed by atoms with van der Waals surface area (Å²) in [6, 6.07) is 31.6. The summed E-state index contributed by atoms with van der Waals surface area (Å²) in [5.74, 6) is 1.43. The summed E-state index contributed by atoms with van der Waals surface area (Å²) in [4.78, 5) is 13.4. The maximum atomic E-state index is 12.3. The molecule has 0 bridgehead atoms. The van der Waals surface area contributed by atoms with E-state index in [0.717, 1.165) is 21.9 Å². The Morgan fingerprint density at radius 3 is 2.38 bits per heavy atom. The van der Waals surface area contributed by atoms with Crippen molar-refractivity contribution < 1.29 is 14.3 Å². The number of urea groups is 1. The van der Waals surface area contributed by atoms with Crippen LogP contribution in [0.4, 0.5) is 16.2 Å². The molecule has 4 aromatic rings. The van der Waals surface area contributed by atoms with Crippen LogP contribution in [0.15, 0.2) is 102 Å². The number of amides is 2. The molecular formula is C27H23N3O3S. The molecule has 0 fully saturated rings. The van der Waals surface area contributed by atoms with E-state index < -0.39 is 0 Å². The first-order valence-electron chi connectivity index (χ1n) is 10.9. The molecule has 7 heteroatoms. The first-order chi connectivity index (χ1) is 16.7. The van der Waals surface area contributed by atoms with E-state index in [1.165, 1.54) is 11.1 Å². The Morgan fingerprint density at radius 2 is 1.53 bits per heavy atom. The van der Waals surface area contributed by atoms with Crippen LogP contribution in [0.5, 0.6) is 11.5 Å². The molecule has 0 aromatic heterocycles. The molecule has 6 nitrogen and oxygen atoms in total. The van der Waals surface area contributed by atoms with Gasteiger partial charge in [-0.05, 0) is 71.1 Å². The van der Waals surface area contributed by atoms with Crippen LogP contribution in [0.3, 0.4) is 0 Å². The van der Waals surface area contributed by atoms with Crippen molar-refractivity contribution in [3.63, 3.8) is 0 Å². The van der Waals surface area contributed by atoms with Crippen molar-refractivity contribution in [2.45, 2.75) is 11.4 Å². The predicted molar refractivity (Wildman–Crippen MR) is 136 cm³/mol. The zero-order valence-corrected chi connectivity index (χ0v) is 19.1. The van der Waals surface area contributed by atoms with E-state index >= 15 is 0 Å². The van der Waals surface area contributed by atoms with Crippen LogP contribution in [0.2, 0.25) is 0 Å². The molecular weight excluding hydrogens is 446 g/mol. The second kappa shape index (κ2) is 10.2. The lowest BCUT2D eigenvalue weighted by Crippen LogP contribution is -2.28. The Bertz CT molecular complexity index is 1280. The van der Waals surface area contributed by atoms with Crippen molar-refractivity contribution in [2.75, 3.05) is 16.8 Å². The third-order valence-electron chi connectivity index (χ3n) is 5.28. The fraction of sp³-hybridized carbons (Fsp3) is 0.0741. The average molecular weight is 470 g/mol. The van der Waals surface area contributed by atoms with Crippen LogP contribution in [-0.2, 0) is 6.54 Å². The van der Waals surface area contributed by atoms with Crippen molar-refractivity contribution in [1.82, 2.24) is 5.32 Å². The summed E-state index contributed by atoms with van der Waals surface area (Å²) < 4.78 is 14.1. The molecule has 170 valence electrons. The van der Waals surface area contributed by atoms with Crippen molar-refractivity contribution in [3.8, 4) is 22.6 Å². The zero-order valence-electron chi connectivity index (χ0n) is 18.3. The topological polar surface area (TPSA) is 71.6 Å².